The largest absolute Gasteiger partial charge is 0.333 e. The van der Waals surface area contributed by atoms with Gasteiger partial charge in [-0.05, 0) is 50.0 Å². The van der Waals surface area contributed by atoms with E-state index in [-0.39, 0.29) is 5.91 Å². The molecule has 2 heterocycles. The third-order valence-corrected chi connectivity index (χ3v) is 5.27. The number of unbranched alkanes of at least 4 members (excludes halogenated alkanes) is 2. The van der Waals surface area contributed by atoms with Crippen molar-refractivity contribution >= 4 is 17.5 Å². The second-order valence-corrected chi connectivity index (χ2v) is 7.56. The van der Waals surface area contributed by atoms with E-state index in [4.69, 9.17) is 11.6 Å². The van der Waals surface area contributed by atoms with Gasteiger partial charge in [-0.2, -0.15) is 0 Å². The number of hydrogen-bond donors (Lipinski definition) is 1. The maximum absolute atomic E-state index is 13.1. The Morgan fingerprint density at radius 3 is 2.70 bits per heavy atom. The van der Waals surface area contributed by atoms with Gasteiger partial charge >= 0.3 is 0 Å². The Bertz CT molecular complexity index is 724. The first-order valence-corrected chi connectivity index (χ1v) is 10.2. The van der Waals surface area contributed by atoms with Crippen LogP contribution in [-0.4, -0.2) is 45.4 Å². The number of halogens is 1. The van der Waals surface area contributed by atoms with Crippen LogP contribution in [0.15, 0.2) is 30.5 Å². The van der Waals surface area contributed by atoms with E-state index in [0.29, 0.717) is 23.3 Å². The lowest BCUT2D eigenvalue weighted by Gasteiger charge is -2.23. The molecule has 0 bridgehead atoms. The summed E-state index contributed by atoms with van der Waals surface area (Å²) in [6.07, 6.45) is 7.05. The third kappa shape index (κ3) is 5.53. The van der Waals surface area contributed by atoms with Crippen LogP contribution in [0.4, 0.5) is 0 Å². The monoisotopic (exact) mass is 389 g/mol. The standard InChI is InChI=1S/C20H28ClN5O/c1-2-3-4-13-25(14-16-5-7-17(21)8-6-16)20(27)19-15-26(24-23-19)18-9-11-22-12-10-18/h5-8,15,18,22H,2-4,9-14H2,1H3. The molecule has 1 aliphatic heterocycles. The number of nitrogens with one attached hydrogen (secondary N) is 1. The van der Waals surface area contributed by atoms with E-state index in [1.165, 1.54) is 0 Å². The number of aromatic nitrogens is 3. The molecular weight excluding hydrogens is 362 g/mol. The van der Waals surface area contributed by atoms with E-state index >= 15 is 0 Å². The predicted octanol–water partition coefficient (Wildman–Crippen LogP) is 3.69. The molecule has 0 aliphatic carbocycles. The molecule has 0 atom stereocenters. The molecule has 6 nitrogen and oxygen atoms in total. The second-order valence-electron chi connectivity index (χ2n) is 7.13. The maximum Gasteiger partial charge on any atom is 0.276 e. The minimum atomic E-state index is -0.0544. The van der Waals surface area contributed by atoms with Crippen molar-refractivity contribution in [2.24, 2.45) is 0 Å². The van der Waals surface area contributed by atoms with Crippen LogP contribution in [0.1, 0.15) is 61.1 Å². The van der Waals surface area contributed by atoms with E-state index in [9.17, 15) is 4.79 Å². The molecule has 1 saturated heterocycles. The van der Waals surface area contributed by atoms with E-state index in [1.807, 2.05) is 40.0 Å². The van der Waals surface area contributed by atoms with Crippen molar-refractivity contribution in [1.82, 2.24) is 25.2 Å². The molecule has 1 fully saturated rings. The molecule has 0 radical (unpaired) electrons. The zero-order valence-electron chi connectivity index (χ0n) is 15.9. The SMILES string of the molecule is CCCCCN(Cc1ccc(Cl)cc1)C(=O)c1cn(C2CCNCC2)nn1. The van der Waals surface area contributed by atoms with Crippen molar-refractivity contribution in [2.75, 3.05) is 19.6 Å². The van der Waals surface area contributed by atoms with Crippen LogP contribution >= 0.6 is 11.6 Å². The fourth-order valence-electron chi connectivity index (χ4n) is 3.40. The van der Waals surface area contributed by atoms with Crippen molar-refractivity contribution in [2.45, 2.75) is 51.6 Å². The number of carbonyl (C=O) groups excluding carboxylic acids is 1. The van der Waals surface area contributed by atoms with E-state index < -0.39 is 0 Å². The van der Waals surface area contributed by atoms with Gasteiger partial charge in [0.25, 0.3) is 5.91 Å². The van der Waals surface area contributed by atoms with E-state index in [2.05, 4.69) is 22.6 Å². The highest BCUT2D eigenvalue weighted by molar-refractivity contribution is 6.30. The van der Waals surface area contributed by atoms with Gasteiger partial charge in [-0.25, -0.2) is 4.68 Å². The Kier molecular flexibility index (Phi) is 7.24. The molecule has 146 valence electrons. The first-order chi connectivity index (χ1) is 13.2. The summed E-state index contributed by atoms with van der Waals surface area (Å²) in [4.78, 5) is 14.9. The summed E-state index contributed by atoms with van der Waals surface area (Å²) < 4.78 is 1.86. The summed E-state index contributed by atoms with van der Waals surface area (Å²) >= 11 is 5.98. The summed E-state index contributed by atoms with van der Waals surface area (Å²) in [7, 11) is 0. The third-order valence-electron chi connectivity index (χ3n) is 5.02. The molecule has 7 heteroatoms. The summed E-state index contributed by atoms with van der Waals surface area (Å²) in [5, 5.41) is 12.5. The molecule has 3 rings (SSSR count). The number of piperidine rings is 1. The number of nitrogens with zero attached hydrogens (tertiary/aromatic N) is 4. The lowest BCUT2D eigenvalue weighted by Crippen LogP contribution is -2.32. The molecule has 2 aromatic rings. The smallest absolute Gasteiger partial charge is 0.276 e. The average molecular weight is 390 g/mol. The zero-order chi connectivity index (χ0) is 19.1. The minimum Gasteiger partial charge on any atom is -0.333 e. The van der Waals surface area contributed by atoms with Gasteiger partial charge in [0.05, 0.1) is 12.2 Å². The summed E-state index contributed by atoms with van der Waals surface area (Å²) in [5.74, 6) is -0.0544. The topological polar surface area (TPSA) is 63.1 Å². The van der Waals surface area contributed by atoms with Crippen LogP contribution in [0.25, 0.3) is 0 Å². The zero-order valence-corrected chi connectivity index (χ0v) is 16.7. The summed E-state index contributed by atoms with van der Waals surface area (Å²) in [6, 6.07) is 7.98. The summed E-state index contributed by atoms with van der Waals surface area (Å²) in [6.45, 7) is 5.40. The van der Waals surface area contributed by atoms with Crippen molar-refractivity contribution in [3.63, 3.8) is 0 Å². The first-order valence-electron chi connectivity index (χ1n) is 9.83. The van der Waals surface area contributed by atoms with E-state index in [0.717, 1.165) is 57.3 Å². The number of amides is 1. The molecule has 0 saturated carbocycles. The van der Waals surface area contributed by atoms with Crippen LogP contribution in [0.2, 0.25) is 5.02 Å². The predicted molar refractivity (Wildman–Crippen MR) is 107 cm³/mol. The minimum absolute atomic E-state index is 0.0544. The number of rotatable bonds is 8. The van der Waals surface area contributed by atoms with Crippen molar-refractivity contribution in [3.05, 3.63) is 46.7 Å². The molecule has 1 N–H and O–H groups in total. The number of benzene rings is 1. The Balaban J connectivity index is 1.71. The normalized spacial score (nSPS) is 15.0. The van der Waals surface area contributed by atoms with Crippen molar-refractivity contribution < 1.29 is 4.79 Å². The average Bonchev–Trinajstić information content (AvgIpc) is 3.19. The van der Waals surface area contributed by atoms with Crippen LogP contribution in [0.5, 0.6) is 0 Å². The van der Waals surface area contributed by atoms with Gasteiger partial charge in [0, 0.05) is 18.1 Å². The van der Waals surface area contributed by atoms with Crippen LogP contribution in [0, 0.1) is 0 Å². The number of hydrogen-bond acceptors (Lipinski definition) is 4. The lowest BCUT2D eigenvalue weighted by atomic mass is 10.1. The lowest BCUT2D eigenvalue weighted by molar-refractivity contribution is 0.0734. The molecule has 0 unspecified atom stereocenters. The van der Waals surface area contributed by atoms with Gasteiger partial charge < -0.3 is 10.2 Å². The van der Waals surface area contributed by atoms with E-state index in [1.54, 1.807) is 0 Å². The van der Waals surface area contributed by atoms with Crippen LogP contribution in [0.3, 0.4) is 0 Å². The molecule has 27 heavy (non-hydrogen) atoms. The second kappa shape index (κ2) is 9.85. The van der Waals surface area contributed by atoms with Gasteiger partial charge in [-0.1, -0.05) is 48.7 Å². The Hall–Kier alpha value is -1.92. The van der Waals surface area contributed by atoms with Gasteiger partial charge in [0.1, 0.15) is 0 Å². The molecule has 0 spiro atoms. The highest BCUT2D eigenvalue weighted by Gasteiger charge is 2.22. The van der Waals surface area contributed by atoms with Crippen molar-refractivity contribution in [3.8, 4) is 0 Å². The highest BCUT2D eigenvalue weighted by Crippen LogP contribution is 2.18. The Morgan fingerprint density at radius 1 is 1.26 bits per heavy atom. The summed E-state index contributed by atoms with van der Waals surface area (Å²) in [5.41, 5.74) is 1.49. The molecular formula is C20H28ClN5O. The highest BCUT2D eigenvalue weighted by atomic mass is 35.5. The van der Waals surface area contributed by atoms with Crippen LogP contribution < -0.4 is 5.32 Å². The number of carbonyl (C=O) groups is 1. The van der Waals surface area contributed by atoms with Gasteiger partial charge in [-0.15, -0.1) is 5.10 Å². The Labute approximate surface area is 165 Å². The van der Waals surface area contributed by atoms with Gasteiger partial charge in [0.2, 0.25) is 0 Å². The molecule has 1 aromatic carbocycles. The maximum atomic E-state index is 13.1. The van der Waals surface area contributed by atoms with Gasteiger partial charge in [0.15, 0.2) is 5.69 Å². The molecule has 1 aliphatic rings. The fraction of sp³-hybridized carbons (Fsp3) is 0.550. The fourth-order valence-corrected chi connectivity index (χ4v) is 3.53. The van der Waals surface area contributed by atoms with Crippen molar-refractivity contribution in [1.29, 1.82) is 0 Å². The van der Waals surface area contributed by atoms with Crippen LogP contribution in [-0.2, 0) is 6.54 Å². The quantitative estimate of drug-likeness (QED) is 0.699. The first kappa shape index (κ1) is 19.8. The van der Waals surface area contributed by atoms with Gasteiger partial charge in [-0.3, -0.25) is 4.79 Å². The molecule has 1 amide bonds. The Morgan fingerprint density at radius 2 is 2.00 bits per heavy atom. The molecule has 1 aromatic heterocycles.